The molecular weight excluding hydrogens is 174 g/mol. The fraction of sp³-hybridized carbons (Fsp3) is 0.917. The highest BCUT2D eigenvalue weighted by molar-refractivity contribution is 5.82. The van der Waals surface area contributed by atoms with Crippen LogP contribution in [-0.4, -0.2) is 13.0 Å². The van der Waals surface area contributed by atoms with Gasteiger partial charge in [-0.15, -0.1) is 0 Å². The fourth-order valence-corrected chi connectivity index (χ4v) is 3.76. The number of rotatable bonds is 1. The van der Waals surface area contributed by atoms with Crippen LogP contribution < -0.4 is 5.32 Å². The lowest BCUT2D eigenvalue weighted by Gasteiger charge is -2.46. The number of nitrogens with one attached hydrogen (secondary N) is 1. The van der Waals surface area contributed by atoms with Gasteiger partial charge in [-0.2, -0.15) is 0 Å². The average Bonchev–Trinajstić information content (AvgIpc) is 2.15. The van der Waals surface area contributed by atoms with E-state index in [0.29, 0.717) is 5.91 Å². The molecule has 2 nitrogen and oxygen atoms in total. The minimum absolute atomic E-state index is 0.00926. The van der Waals surface area contributed by atoms with E-state index in [9.17, 15) is 4.79 Å². The molecule has 2 aliphatic carbocycles. The monoisotopic (exact) mass is 195 g/mol. The summed E-state index contributed by atoms with van der Waals surface area (Å²) in [5, 5.41) is 2.86. The highest BCUT2D eigenvalue weighted by Gasteiger charge is 2.46. The van der Waals surface area contributed by atoms with Gasteiger partial charge in [-0.3, -0.25) is 4.79 Å². The van der Waals surface area contributed by atoms with Gasteiger partial charge in [0.1, 0.15) is 0 Å². The fourth-order valence-electron chi connectivity index (χ4n) is 3.76. The summed E-state index contributed by atoms with van der Waals surface area (Å²) in [6.45, 7) is 2.30. The molecule has 2 fully saturated rings. The zero-order valence-corrected chi connectivity index (χ0v) is 9.31. The summed E-state index contributed by atoms with van der Waals surface area (Å²) in [6, 6.07) is 0. The third kappa shape index (κ3) is 1.55. The van der Waals surface area contributed by atoms with Gasteiger partial charge >= 0.3 is 0 Å². The molecule has 80 valence electrons. The van der Waals surface area contributed by atoms with E-state index in [2.05, 4.69) is 12.2 Å². The van der Waals surface area contributed by atoms with Crippen molar-refractivity contribution in [1.82, 2.24) is 5.32 Å². The summed E-state index contributed by atoms with van der Waals surface area (Å²) < 4.78 is 0. The molecule has 0 aromatic rings. The normalized spacial score (nSPS) is 41.9. The first-order valence-corrected chi connectivity index (χ1v) is 5.88. The van der Waals surface area contributed by atoms with E-state index in [1.54, 1.807) is 7.05 Å². The third-order valence-corrected chi connectivity index (χ3v) is 4.13. The maximum absolute atomic E-state index is 11.9. The molecule has 3 atom stereocenters. The van der Waals surface area contributed by atoms with Gasteiger partial charge in [-0.05, 0) is 37.5 Å². The Kier molecular flexibility index (Phi) is 2.54. The van der Waals surface area contributed by atoms with E-state index in [0.717, 1.165) is 31.1 Å². The maximum atomic E-state index is 11.9. The van der Waals surface area contributed by atoms with Crippen molar-refractivity contribution in [2.75, 3.05) is 7.05 Å². The lowest BCUT2D eigenvalue weighted by molar-refractivity contribution is -0.137. The van der Waals surface area contributed by atoms with E-state index in [1.807, 2.05) is 0 Å². The van der Waals surface area contributed by atoms with Crippen molar-refractivity contribution in [2.45, 2.75) is 45.4 Å². The summed E-state index contributed by atoms with van der Waals surface area (Å²) in [7, 11) is 1.78. The molecular formula is C12H21NO. The van der Waals surface area contributed by atoms with Crippen LogP contribution in [0.3, 0.4) is 0 Å². The van der Waals surface area contributed by atoms with Crippen molar-refractivity contribution >= 4 is 5.91 Å². The van der Waals surface area contributed by atoms with E-state index < -0.39 is 0 Å². The van der Waals surface area contributed by atoms with Gasteiger partial charge in [-0.1, -0.05) is 19.8 Å². The largest absolute Gasteiger partial charge is 0.359 e. The van der Waals surface area contributed by atoms with Gasteiger partial charge in [-0.25, -0.2) is 0 Å². The molecule has 0 aliphatic heterocycles. The second-order valence-corrected chi connectivity index (χ2v) is 5.37. The molecule has 2 bridgehead atoms. The van der Waals surface area contributed by atoms with E-state index >= 15 is 0 Å². The lowest BCUT2D eigenvalue weighted by atomic mass is 9.59. The van der Waals surface area contributed by atoms with Crippen LogP contribution >= 0.6 is 0 Å². The molecule has 3 unspecified atom stereocenters. The Morgan fingerprint density at radius 1 is 1.43 bits per heavy atom. The summed E-state index contributed by atoms with van der Waals surface area (Å²) in [5.74, 6) is 1.87. The molecule has 0 heterocycles. The predicted molar refractivity (Wildman–Crippen MR) is 56.9 cm³/mol. The highest BCUT2D eigenvalue weighted by atomic mass is 16.2. The van der Waals surface area contributed by atoms with E-state index in [4.69, 9.17) is 0 Å². The van der Waals surface area contributed by atoms with Crippen LogP contribution in [0, 0.1) is 17.3 Å². The number of fused-ring (bicyclic) bond motifs is 2. The molecule has 2 saturated carbocycles. The van der Waals surface area contributed by atoms with E-state index in [1.165, 1.54) is 19.3 Å². The number of hydrogen-bond acceptors (Lipinski definition) is 1. The summed E-state index contributed by atoms with van der Waals surface area (Å²) >= 11 is 0. The maximum Gasteiger partial charge on any atom is 0.225 e. The summed E-state index contributed by atoms with van der Waals surface area (Å²) in [5.41, 5.74) is 0.00926. The molecule has 14 heavy (non-hydrogen) atoms. The molecule has 0 saturated heterocycles. The lowest BCUT2D eigenvalue weighted by Crippen LogP contribution is -2.46. The summed E-state index contributed by atoms with van der Waals surface area (Å²) in [6.07, 6.45) is 7.33. The van der Waals surface area contributed by atoms with Crippen LogP contribution in [-0.2, 0) is 4.79 Å². The Morgan fingerprint density at radius 2 is 2.21 bits per heavy atom. The Labute approximate surface area is 86.5 Å². The predicted octanol–water partition coefficient (Wildman–Crippen LogP) is 2.34. The Hall–Kier alpha value is -0.530. The molecule has 0 aromatic carbocycles. The highest BCUT2D eigenvalue weighted by Crippen LogP contribution is 2.50. The van der Waals surface area contributed by atoms with Gasteiger partial charge in [0.25, 0.3) is 0 Å². The van der Waals surface area contributed by atoms with Gasteiger partial charge in [0.2, 0.25) is 5.91 Å². The van der Waals surface area contributed by atoms with Crippen molar-refractivity contribution in [3.8, 4) is 0 Å². The van der Waals surface area contributed by atoms with Crippen LogP contribution in [0.2, 0.25) is 0 Å². The van der Waals surface area contributed by atoms with Crippen LogP contribution in [0.25, 0.3) is 0 Å². The SMILES string of the molecule is CNC(=O)C12CCCC(CC(C)C1)C2. The van der Waals surface area contributed by atoms with Crippen molar-refractivity contribution in [3.05, 3.63) is 0 Å². The molecule has 2 heteroatoms. The molecule has 2 aliphatic rings. The quantitative estimate of drug-likeness (QED) is 0.683. The minimum Gasteiger partial charge on any atom is -0.359 e. The van der Waals surface area contributed by atoms with Crippen LogP contribution in [0.4, 0.5) is 0 Å². The Balaban J connectivity index is 2.18. The second-order valence-electron chi connectivity index (χ2n) is 5.37. The first-order valence-electron chi connectivity index (χ1n) is 5.88. The average molecular weight is 195 g/mol. The van der Waals surface area contributed by atoms with Gasteiger partial charge < -0.3 is 5.32 Å². The smallest absolute Gasteiger partial charge is 0.225 e. The molecule has 2 rings (SSSR count). The standard InChI is InChI=1S/C12H21NO/c1-9-6-10-4-3-5-12(7-9,8-10)11(14)13-2/h9-10H,3-8H2,1-2H3,(H,13,14). The molecule has 0 spiro atoms. The van der Waals surface area contributed by atoms with E-state index in [-0.39, 0.29) is 5.41 Å². The number of carbonyl (C=O) groups is 1. The molecule has 1 amide bonds. The first kappa shape index (κ1) is 10.0. The summed E-state index contributed by atoms with van der Waals surface area (Å²) in [4.78, 5) is 11.9. The van der Waals surface area contributed by atoms with Crippen molar-refractivity contribution in [2.24, 2.45) is 17.3 Å². The number of hydrogen-bond donors (Lipinski definition) is 1. The van der Waals surface area contributed by atoms with Crippen LogP contribution in [0.1, 0.15) is 45.4 Å². The molecule has 0 aromatic heterocycles. The second kappa shape index (κ2) is 3.56. The Bertz CT molecular complexity index is 234. The molecule has 1 N–H and O–H groups in total. The van der Waals surface area contributed by atoms with Gasteiger partial charge in [0.05, 0.1) is 0 Å². The van der Waals surface area contributed by atoms with Gasteiger partial charge in [0, 0.05) is 12.5 Å². The topological polar surface area (TPSA) is 29.1 Å². The third-order valence-electron chi connectivity index (χ3n) is 4.13. The van der Waals surface area contributed by atoms with Crippen molar-refractivity contribution in [1.29, 1.82) is 0 Å². The zero-order valence-electron chi connectivity index (χ0n) is 9.31. The van der Waals surface area contributed by atoms with Crippen molar-refractivity contribution < 1.29 is 4.79 Å². The molecule has 0 radical (unpaired) electrons. The van der Waals surface area contributed by atoms with Crippen molar-refractivity contribution in [3.63, 3.8) is 0 Å². The number of carbonyl (C=O) groups excluding carboxylic acids is 1. The first-order chi connectivity index (χ1) is 6.66. The minimum atomic E-state index is 0.00926. The van der Waals surface area contributed by atoms with Crippen LogP contribution in [0.15, 0.2) is 0 Å². The Morgan fingerprint density at radius 3 is 2.93 bits per heavy atom. The van der Waals surface area contributed by atoms with Crippen LogP contribution in [0.5, 0.6) is 0 Å². The van der Waals surface area contributed by atoms with Gasteiger partial charge in [0.15, 0.2) is 0 Å². The zero-order chi connectivity index (χ0) is 10.2. The number of amides is 1.